The number of carbonyl (C=O) groups is 1. The summed E-state index contributed by atoms with van der Waals surface area (Å²) >= 11 is -2.63. The van der Waals surface area contributed by atoms with Gasteiger partial charge in [-0.2, -0.15) is 0 Å². The van der Waals surface area contributed by atoms with Crippen LogP contribution in [0.2, 0.25) is 0 Å². The Morgan fingerprint density at radius 2 is 1.50 bits per heavy atom. The Morgan fingerprint density at radius 3 is 2.03 bits per heavy atom. The Morgan fingerprint density at radius 1 is 0.933 bits per heavy atom. The van der Waals surface area contributed by atoms with Crippen molar-refractivity contribution in [1.82, 2.24) is 0 Å². The Hall–Kier alpha value is -1.82. The zero-order valence-corrected chi connectivity index (χ0v) is 19.6. The number of rotatable bonds is 6. The topological polar surface area (TPSA) is 35.5 Å². The first-order valence-corrected chi connectivity index (χ1v) is 13.8. The van der Waals surface area contributed by atoms with Crippen LogP contribution in [-0.4, -0.2) is 5.97 Å². The van der Waals surface area contributed by atoms with Crippen molar-refractivity contribution in [3.8, 4) is 5.75 Å². The standard InChI is InChI=1S/C26H29IO3/c1-18(2)22-8-10-24(11-9-22)29-27(23-6-4-3-5-7-23)30-25(28)26-15-19-12-20(16-26)14-21(13-19)17-26/h3-11,19-21H,1,12-17H2,2H3. The molecule has 4 aliphatic carbocycles. The fraction of sp³-hybridized carbons (Fsp3) is 0.423. The second kappa shape index (κ2) is 8.03. The number of allylic oxidation sites excluding steroid dienone is 1. The van der Waals surface area contributed by atoms with E-state index in [1.54, 1.807) is 0 Å². The van der Waals surface area contributed by atoms with Crippen LogP contribution in [0.1, 0.15) is 51.0 Å². The van der Waals surface area contributed by atoms with E-state index in [0.717, 1.165) is 57.5 Å². The molecule has 0 aromatic heterocycles. The van der Waals surface area contributed by atoms with Gasteiger partial charge in [-0.3, -0.25) is 0 Å². The van der Waals surface area contributed by atoms with Gasteiger partial charge in [-0.25, -0.2) is 0 Å². The number of hydrogen-bond donors (Lipinski definition) is 0. The van der Waals surface area contributed by atoms with Crippen LogP contribution in [0.3, 0.4) is 0 Å². The van der Waals surface area contributed by atoms with Crippen molar-refractivity contribution in [2.45, 2.75) is 45.4 Å². The summed E-state index contributed by atoms with van der Waals surface area (Å²) < 4.78 is 13.7. The molecular formula is C26H29IO3. The Labute approximate surface area is 187 Å². The maximum atomic E-state index is 13.5. The fourth-order valence-electron chi connectivity index (χ4n) is 6.00. The molecule has 4 bridgehead atoms. The molecule has 0 radical (unpaired) electrons. The molecule has 158 valence electrons. The Bertz CT molecular complexity index is 899. The molecule has 2 aromatic carbocycles. The third kappa shape index (κ3) is 3.91. The first kappa shape index (κ1) is 20.1. The monoisotopic (exact) mass is 516 g/mol. The summed E-state index contributed by atoms with van der Waals surface area (Å²) in [5, 5.41) is 0. The summed E-state index contributed by atoms with van der Waals surface area (Å²) in [5.74, 6) is 2.93. The van der Waals surface area contributed by atoms with Gasteiger partial charge in [0.1, 0.15) is 0 Å². The van der Waals surface area contributed by atoms with Gasteiger partial charge in [0.15, 0.2) is 0 Å². The molecule has 4 fully saturated rings. The van der Waals surface area contributed by atoms with Gasteiger partial charge >= 0.3 is 188 Å². The molecule has 2 aromatic rings. The van der Waals surface area contributed by atoms with E-state index in [-0.39, 0.29) is 11.4 Å². The molecule has 0 heterocycles. The van der Waals surface area contributed by atoms with Crippen LogP contribution in [0, 0.1) is 26.7 Å². The minimum absolute atomic E-state index is 0.00853. The molecular weight excluding hydrogens is 487 g/mol. The van der Waals surface area contributed by atoms with Crippen LogP contribution in [0.4, 0.5) is 0 Å². The van der Waals surface area contributed by atoms with Crippen LogP contribution in [0.15, 0.2) is 61.2 Å². The van der Waals surface area contributed by atoms with E-state index in [9.17, 15) is 4.79 Å². The van der Waals surface area contributed by atoms with Crippen LogP contribution in [0.25, 0.3) is 5.57 Å². The van der Waals surface area contributed by atoms with Crippen molar-refractivity contribution in [2.75, 3.05) is 0 Å². The van der Waals surface area contributed by atoms with Gasteiger partial charge in [-0.05, 0) is 0 Å². The Balaban J connectivity index is 1.37. The molecule has 0 unspecified atom stereocenters. The van der Waals surface area contributed by atoms with Gasteiger partial charge in [0, 0.05) is 0 Å². The zero-order chi connectivity index (χ0) is 20.7. The van der Waals surface area contributed by atoms with E-state index in [4.69, 9.17) is 6.13 Å². The predicted octanol–water partition coefficient (Wildman–Crippen LogP) is 7.06. The molecule has 0 aliphatic heterocycles. The quantitative estimate of drug-likeness (QED) is 0.386. The van der Waals surface area contributed by atoms with Crippen molar-refractivity contribution < 1.29 is 10.9 Å². The van der Waals surface area contributed by atoms with E-state index < -0.39 is 20.6 Å². The predicted molar refractivity (Wildman–Crippen MR) is 128 cm³/mol. The van der Waals surface area contributed by atoms with E-state index in [0.29, 0.717) is 0 Å². The molecule has 0 saturated heterocycles. The summed E-state index contributed by atoms with van der Waals surface area (Å²) in [4.78, 5) is 13.5. The summed E-state index contributed by atoms with van der Waals surface area (Å²) in [7, 11) is 0. The van der Waals surface area contributed by atoms with E-state index in [1.165, 1.54) is 19.3 Å². The molecule has 0 amide bonds. The average molecular weight is 516 g/mol. The number of carbonyl (C=O) groups excluding carboxylic acids is 1. The van der Waals surface area contributed by atoms with Crippen molar-refractivity contribution in [2.24, 2.45) is 23.2 Å². The normalized spacial score (nSPS) is 29.4. The van der Waals surface area contributed by atoms with Crippen molar-refractivity contribution in [3.05, 3.63) is 70.3 Å². The maximum absolute atomic E-state index is 13.5. The minimum atomic E-state index is -2.63. The summed E-state index contributed by atoms with van der Waals surface area (Å²) in [6, 6.07) is 18.0. The van der Waals surface area contributed by atoms with Crippen LogP contribution < -0.4 is 3.07 Å². The fourth-order valence-corrected chi connectivity index (χ4v) is 9.19. The number of halogens is 1. The van der Waals surface area contributed by atoms with Crippen molar-refractivity contribution >= 4 is 32.2 Å². The molecule has 4 heteroatoms. The van der Waals surface area contributed by atoms with Gasteiger partial charge in [0.05, 0.1) is 0 Å². The SMILES string of the molecule is C=C(C)c1ccc(OI(OC(=O)C23CC4CC(CC(C4)C2)C3)c2ccccc2)cc1. The third-order valence-electron chi connectivity index (χ3n) is 7.03. The van der Waals surface area contributed by atoms with Gasteiger partial charge in [-0.15, -0.1) is 0 Å². The number of benzene rings is 2. The summed E-state index contributed by atoms with van der Waals surface area (Å²) in [6.07, 6.45) is 7.01. The van der Waals surface area contributed by atoms with Crippen molar-refractivity contribution in [3.63, 3.8) is 0 Å². The molecule has 0 atom stereocenters. The average Bonchev–Trinajstić information content (AvgIpc) is 2.73. The molecule has 0 spiro atoms. The molecule has 3 nitrogen and oxygen atoms in total. The molecule has 6 rings (SSSR count). The van der Waals surface area contributed by atoms with Gasteiger partial charge in [0.2, 0.25) is 0 Å². The first-order chi connectivity index (χ1) is 14.5. The van der Waals surface area contributed by atoms with E-state index in [2.05, 4.69) is 6.58 Å². The first-order valence-electron chi connectivity index (χ1n) is 10.9. The molecule has 4 aliphatic rings. The third-order valence-corrected chi connectivity index (χ3v) is 10.5. The van der Waals surface area contributed by atoms with E-state index >= 15 is 0 Å². The van der Waals surface area contributed by atoms with Crippen molar-refractivity contribution in [1.29, 1.82) is 0 Å². The second-order valence-corrected chi connectivity index (χ2v) is 12.8. The molecule has 30 heavy (non-hydrogen) atoms. The van der Waals surface area contributed by atoms with Crippen LogP contribution in [0.5, 0.6) is 5.75 Å². The summed E-state index contributed by atoms with van der Waals surface area (Å²) in [5.41, 5.74) is 1.85. The zero-order valence-electron chi connectivity index (χ0n) is 17.5. The van der Waals surface area contributed by atoms with Gasteiger partial charge in [-0.1, -0.05) is 0 Å². The second-order valence-electron chi connectivity index (χ2n) is 9.46. The van der Waals surface area contributed by atoms with Gasteiger partial charge < -0.3 is 0 Å². The molecule has 0 N–H and O–H groups in total. The van der Waals surface area contributed by atoms with E-state index in [1.807, 2.05) is 61.5 Å². The molecule has 4 saturated carbocycles. The Kier molecular flexibility index (Phi) is 5.38. The summed E-state index contributed by atoms with van der Waals surface area (Å²) in [6.45, 7) is 5.98. The van der Waals surface area contributed by atoms with Gasteiger partial charge in [0.25, 0.3) is 0 Å². The van der Waals surface area contributed by atoms with Crippen LogP contribution >= 0.6 is 20.6 Å². The number of hydrogen-bond acceptors (Lipinski definition) is 3. The van der Waals surface area contributed by atoms with Crippen LogP contribution in [-0.2, 0) is 7.86 Å².